The zero-order valence-electron chi connectivity index (χ0n) is 6.96. The standard InChI is InChI=1S/C9H8Cl2O2/c1-6(9(11)12)13-8-4-2-7(10)3-5-8/h2-6H,1H3/t6-/m1/s1. The van der Waals surface area contributed by atoms with Gasteiger partial charge in [0.1, 0.15) is 5.75 Å². The van der Waals surface area contributed by atoms with Crippen LogP contribution < -0.4 is 4.74 Å². The van der Waals surface area contributed by atoms with Crippen molar-refractivity contribution in [2.24, 2.45) is 0 Å². The SMILES string of the molecule is C[C@@H](Oc1ccc(Cl)cc1)C(=O)Cl. The minimum absolute atomic E-state index is 0.519. The Morgan fingerprint density at radius 2 is 1.92 bits per heavy atom. The van der Waals surface area contributed by atoms with E-state index in [1.54, 1.807) is 31.2 Å². The Labute approximate surface area is 86.4 Å². The Hall–Kier alpha value is -0.730. The highest BCUT2D eigenvalue weighted by Gasteiger charge is 2.10. The molecule has 70 valence electrons. The fourth-order valence-corrected chi connectivity index (χ4v) is 0.934. The fourth-order valence-electron chi connectivity index (χ4n) is 0.764. The van der Waals surface area contributed by atoms with Gasteiger partial charge in [0.2, 0.25) is 0 Å². The van der Waals surface area contributed by atoms with Crippen LogP contribution in [0.3, 0.4) is 0 Å². The third kappa shape index (κ3) is 3.25. The monoisotopic (exact) mass is 218 g/mol. The first-order valence-corrected chi connectivity index (χ1v) is 4.47. The molecular formula is C9H8Cl2O2. The van der Waals surface area contributed by atoms with Crippen LogP contribution in [0.25, 0.3) is 0 Å². The molecule has 0 radical (unpaired) electrons. The van der Waals surface area contributed by atoms with Gasteiger partial charge in [-0.3, -0.25) is 4.79 Å². The molecule has 1 aromatic rings. The molecular weight excluding hydrogens is 211 g/mol. The molecule has 0 aliphatic heterocycles. The molecule has 1 atom stereocenters. The summed E-state index contributed by atoms with van der Waals surface area (Å²) >= 11 is 10.9. The first kappa shape index (κ1) is 10.4. The molecule has 0 aliphatic rings. The molecule has 0 aromatic heterocycles. The Morgan fingerprint density at radius 1 is 1.38 bits per heavy atom. The first-order valence-electron chi connectivity index (χ1n) is 3.71. The molecule has 0 N–H and O–H groups in total. The zero-order valence-corrected chi connectivity index (χ0v) is 8.47. The fraction of sp³-hybridized carbons (Fsp3) is 0.222. The molecule has 1 aromatic carbocycles. The number of ether oxygens (including phenoxy) is 1. The van der Waals surface area contributed by atoms with E-state index in [9.17, 15) is 4.79 Å². The lowest BCUT2D eigenvalue weighted by atomic mass is 10.3. The predicted molar refractivity (Wildman–Crippen MR) is 52.4 cm³/mol. The lowest BCUT2D eigenvalue weighted by Gasteiger charge is -2.09. The third-order valence-electron chi connectivity index (χ3n) is 1.45. The van der Waals surface area contributed by atoms with E-state index in [0.29, 0.717) is 10.8 Å². The van der Waals surface area contributed by atoms with Crippen molar-refractivity contribution in [1.82, 2.24) is 0 Å². The van der Waals surface area contributed by atoms with Gasteiger partial charge in [-0.2, -0.15) is 0 Å². The lowest BCUT2D eigenvalue weighted by molar-refractivity contribution is -0.117. The van der Waals surface area contributed by atoms with Gasteiger partial charge < -0.3 is 4.74 Å². The summed E-state index contributed by atoms with van der Waals surface area (Å²) in [5.41, 5.74) is 0. The zero-order chi connectivity index (χ0) is 9.84. The van der Waals surface area contributed by atoms with E-state index in [-0.39, 0.29) is 0 Å². The number of halogens is 2. The van der Waals surface area contributed by atoms with E-state index < -0.39 is 11.3 Å². The Bertz CT molecular complexity index is 295. The molecule has 0 saturated carbocycles. The summed E-state index contributed by atoms with van der Waals surface area (Å²) in [6.07, 6.45) is -0.636. The molecule has 1 rings (SSSR count). The molecule has 0 heterocycles. The molecule has 13 heavy (non-hydrogen) atoms. The van der Waals surface area contributed by atoms with Crippen LogP contribution in [0, 0.1) is 0 Å². The summed E-state index contributed by atoms with van der Waals surface area (Å²) in [5, 5.41) is 0.104. The van der Waals surface area contributed by atoms with E-state index >= 15 is 0 Å². The summed E-state index contributed by atoms with van der Waals surface area (Å²) in [6.45, 7) is 1.59. The smallest absolute Gasteiger partial charge is 0.262 e. The van der Waals surface area contributed by atoms with Crippen LogP contribution >= 0.6 is 23.2 Å². The van der Waals surface area contributed by atoms with Crippen molar-refractivity contribution in [3.8, 4) is 5.75 Å². The van der Waals surface area contributed by atoms with Crippen molar-refractivity contribution in [1.29, 1.82) is 0 Å². The summed E-state index contributed by atoms with van der Waals surface area (Å²) in [5.74, 6) is 0.575. The van der Waals surface area contributed by atoms with Crippen molar-refractivity contribution in [3.63, 3.8) is 0 Å². The molecule has 0 fully saturated rings. The third-order valence-corrected chi connectivity index (χ3v) is 2.01. The average molecular weight is 219 g/mol. The molecule has 0 bridgehead atoms. The summed E-state index contributed by atoms with van der Waals surface area (Å²) in [6, 6.07) is 6.72. The van der Waals surface area contributed by atoms with Gasteiger partial charge >= 0.3 is 0 Å². The quantitative estimate of drug-likeness (QED) is 0.730. The number of rotatable bonds is 3. The van der Waals surface area contributed by atoms with Gasteiger partial charge in [0.25, 0.3) is 5.24 Å². The number of hydrogen-bond acceptors (Lipinski definition) is 2. The second-order valence-electron chi connectivity index (χ2n) is 2.52. The number of carbonyl (C=O) groups is 1. The number of hydrogen-bond donors (Lipinski definition) is 0. The highest BCUT2D eigenvalue weighted by molar-refractivity contribution is 6.64. The summed E-state index contributed by atoms with van der Waals surface area (Å²) in [7, 11) is 0. The first-order chi connectivity index (χ1) is 6.09. The molecule has 0 aliphatic carbocycles. The molecule has 0 saturated heterocycles. The lowest BCUT2D eigenvalue weighted by Crippen LogP contribution is -2.18. The van der Waals surface area contributed by atoms with Crippen molar-refractivity contribution in [2.75, 3.05) is 0 Å². The van der Waals surface area contributed by atoms with Crippen LogP contribution in [0.15, 0.2) is 24.3 Å². The second kappa shape index (κ2) is 4.49. The van der Waals surface area contributed by atoms with Crippen LogP contribution in [-0.4, -0.2) is 11.3 Å². The molecule has 0 spiro atoms. The molecule has 0 amide bonds. The normalized spacial score (nSPS) is 12.2. The average Bonchev–Trinajstić information content (AvgIpc) is 2.08. The van der Waals surface area contributed by atoms with Gasteiger partial charge in [0, 0.05) is 5.02 Å². The van der Waals surface area contributed by atoms with Crippen LogP contribution in [0.2, 0.25) is 5.02 Å². The van der Waals surface area contributed by atoms with Crippen molar-refractivity contribution < 1.29 is 9.53 Å². The van der Waals surface area contributed by atoms with Gasteiger partial charge in [0.15, 0.2) is 6.10 Å². The Kier molecular flexibility index (Phi) is 3.58. The molecule has 4 heteroatoms. The maximum atomic E-state index is 10.6. The van der Waals surface area contributed by atoms with E-state index in [1.165, 1.54) is 0 Å². The second-order valence-corrected chi connectivity index (χ2v) is 3.33. The van der Waals surface area contributed by atoms with Crippen LogP contribution in [-0.2, 0) is 4.79 Å². The minimum Gasteiger partial charge on any atom is -0.482 e. The van der Waals surface area contributed by atoms with E-state index in [0.717, 1.165) is 0 Å². The van der Waals surface area contributed by atoms with Crippen molar-refractivity contribution >= 4 is 28.4 Å². The van der Waals surface area contributed by atoms with Crippen molar-refractivity contribution in [2.45, 2.75) is 13.0 Å². The largest absolute Gasteiger partial charge is 0.482 e. The predicted octanol–water partition coefficient (Wildman–Crippen LogP) is 2.87. The number of benzene rings is 1. The van der Waals surface area contributed by atoms with Gasteiger partial charge in [-0.25, -0.2) is 0 Å². The van der Waals surface area contributed by atoms with Crippen LogP contribution in [0.1, 0.15) is 6.92 Å². The van der Waals surface area contributed by atoms with Crippen LogP contribution in [0.4, 0.5) is 0 Å². The molecule has 2 nitrogen and oxygen atoms in total. The maximum Gasteiger partial charge on any atom is 0.262 e. The molecule has 0 unspecified atom stereocenters. The maximum absolute atomic E-state index is 10.6. The Morgan fingerprint density at radius 3 is 2.38 bits per heavy atom. The summed E-state index contributed by atoms with van der Waals surface area (Å²) < 4.78 is 5.19. The van der Waals surface area contributed by atoms with E-state index in [2.05, 4.69) is 0 Å². The van der Waals surface area contributed by atoms with Crippen LogP contribution in [0.5, 0.6) is 5.75 Å². The van der Waals surface area contributed by atoms with Gasteiger partial charge in [-0.15, -0.1) is 0 Å². The van der Waals surface area contributed by atoms with E-state index in [4.69, 9.17) is 27.9 Å². The number of carbonyl (C=O) groups excluding carboxylic acids is 1. The highest BCUT2D eigenvalue weighted by Crippen LogP contribution is 2.17. The van der Waals surface area contributed by atoms with Crippen molar-refractivity contribution in [3.05, 3.63) is 29.3 Å². The topological polar surface area (TPSA) is 26.3 Å². The summed E-state index contributed by atoms with van der Waals surface area (Å²) in [4.78, 5) is 10.6. The highest BCUT2D eigenvalue weighted by atomic mass is 35.5. The van der Waals surface area contributed by atoms with Gasteiger partial charge in [-0.1, -0.05) is 11.6 Å². The van der Waals surface area contributed by atoms with E-state index in [1.807, 2.05) is 0 Å². The van der Waals surface area contributed by atoms with Gasteiger partial charge in [-0.05, 0) is 42.8 Å². The Balaban J connectivity index is 2.64. The minimum atomic E-state index is -0.636. The van der Waals surface area contributed by atoms with Gasteiger partial charge in [0.05, 0.1) is 0 Å².